The Bertz CT molecular complexity index is 403. The summed E-state index contributed by atoms with van der Waals surface area (Å²) in [5.74, 6) is 0.443. The molecule has 0 bridgehead atoms. The van der Waals surface area contributed by atoms with Crippen LogP contribution in [0.5, 0.6) is 0 Å². The molecule has 0 saturated carbocycles. The Labute approximate surface area is 98.0 Å². The molecule has 1 aliphatic heterocycles. The average molecular weight is 247 g/mol. The van der Waals surface area contributed by atoms with Crippen LogP contribution < -0.4 is 5.32 Å². The first-order valence-electron chi connectivity index (χ1n) is 5.56. The van der Waals surface area contributed by atoms with Crippen LogP contribution in [0.3, 0.4) is 0 Å². The van der Waals surface area contributed by atoms with Crippen molar-refractivity contribution < 1.29 is 13.2 Å². The van der Waals surface area contributed by atoms with E-state index in [0.29, 0.717) is 5.82 Å². The van der Waals surface area contributed by atoms with Gasteiger partial charge in [-0.25, -0.2) is 4.68 Å². The largest absolute Gasteiger partial charge is 0.410 e. The van der Waals surface area contributed by atoms with Crippen LogP contribution in [0.25, 0.3) is 0 Å². The summed E-state index contributed by atoms with van der Waals surface area (Å²) in [5, 5.41) is 6.87. The fraction of sp³-hybridized carbons (Fsp3) is 0.727. The van der Waals surface area contributed by atoms with Crippen molar-refractivity contribution in [3.8, 4) is 0 Å². The van der Waals surface area contributed by atoms with Gasteiger partial charge < -0.3 is 5.32 Å². The van der Waals surface area contributed by atoms with Gasteiger partial charge in [-0.1, -0.05) is 20.8 Å². The van der Waals surface area contributed by atoms with E-state index in [4.69, 9.17) is 0 Å². The number of nitrogens with one attached hydrogen (secondary N) is 1. The lowest BCUT2D eigenvalue weighted by molar-refractivity contribution is -0.175. The van der Waals surface area contributed by atoms with Crippen molar-refractivity contribution in [2.75, 3.05) is 5.32 Å². The molecule has 6 heteroatoms. The van der Waals surface area contributed by atoms with Crippen molar-refractivity contribution in [3.63, 3.8) is 0 Å². The summed E-state index contributed by atoms with van der Waals surface area (Å²) in [6, 6.07) is -0.160. The van der Waals surface area contributed by atoms with Gasteiger partial charge in [0.1, 0.15) is 5.82 Å². The van der Waals surface area contributed by atoms with Crippen molar-refractivity contribution in [1.82, 2.24) is 9.78 Å². The molecule has 0 radical (unpaired) electrons. The highest BCUT2D eigenvalue weighted by atomic mass is 19.4. The van der Waals surface area contributed by atoms with Crippen molar-refractivity contribution in [2.24, 2.45) is 5.41 Å². The molecule has 0 fully saturated rings. The minimum absolute atomic E-state index is 0.0156. The molecule has 0 spiro atoms. The minimum Gasteiger partial charge on any atom is -0.367 e. The maximum Gasteiger partial charge on any atom is 0.410 e. The average Bonchev–Trinajstić information content (AvgIpc) is 2.59. The number of alkyl halides is 3. The van der Waals surface area contributed by atoms with Gasteiger partial charge in [-0.2, -0.15) is 18.3 Å². The highest BCUT2D eigenvalue weighted by Crippen LogP contribution is 2.42. The number of hydrogen-bond acceptors (Lipinski definition) is 2. The van der Waals surface area contributed by atoms with E-state index in [0.717, 1.165) is 4.68 Å². The third kappa shape index (κ3) is 2.25. The molecule has 0 aliphatic carbocycles. The van der Waals surface area contributed by atoms with Crippen LogP contribution >= 0.6 is 0 Å². The summed E-state index contributed by atoms with van der Waals surface area (Å²) in [6.07, 6.45) is -2.85. The zero-order chi connectivity index (χ0) is 12.8. The Morgan fingerprint density at radius 1 is 1.35 bits per heavy atom. The molecule has 1 aliphatic rings. The fourth-order valence-electron chi connectivity index (χ4n) is 2.08. The molecule has 2 unspecified atom stereocenters. The minimum atomic E-state index is -4.26. The van der Waals surface area contributed by atoms with E-state index in [1.54, 1.807) is 6.07 Å². The maximum absolute atomic E-state index is 13.0. The summed E-state index contributed by atoms with van der Waals surface area (Å²) in [5.41, 5.74) is -0.223. The molecule has 1 N–H and O–H groups in total. The molecule has 0 aromatic carbocycles. The zero-order valence-electron chi connectivity index (χ0n) is 10.0. The second-order valence-electron chi connectivity index (χ2n) is 5.52. The Balaban J connectivity index is 2.36. The van der Waals surface area contributed by atoms with Crippen molar-refractivity contribution >= 4 is 5.82 Å². The van der Waals surface area contributed by atoms with Gasteiger partial charge in [0.05, 0.1) is 6.20 Å². The third-order valence-corrected chi connectivity index (χ3v) is 3.17. The quantitative estimate of drug-likeness (QED) is 0.762. The van der Waals surface area contributed by atoms with Crippen LogP contribution in [0.2, 0.25) is 0 Å². The van der Waals surface area contributed by atoms with Gasteiger partial charge in [0.25, 0.3) is 0 Å². The second-order valence-corrected chi connectivity index (χ2v) is 5.52. The predicted molar refractivity (Wildman–Crippen MR) is 58.8 cm³/mol. The normalized spacial score (nSPS) is 25.3. The molecular weight excluding hydrogens is 231 g/mol. The molecule has 0 saturated heterocycles. The van der Waals surface area contributed by atoms with Gasteiger partial charge in [-0.05, 0) is 11.8 Å². The SMILES string of the molecule is CC(C)(C)C1CC(C(F)(F)F)n2nccc2N1. The van der Waals surface area contributed by atoms with Crippen molar-refractivity contribution in [2.45, 2.75) is 45.5 Å². The molecule has 2 rings (SSSR count). The summed E-state index contributed by atoms with van der Waals surface area (Å²) in [4.78, 5) is 0. The Morgan fingerprint density at radius 2 is 2.00 bits per heavy atom. The molecule has 3 nitrogen and oxygen atoms in total. The molecule has 2 atom stereocenters. The highest BCUT2D eigenvalue weighted by molar-refractivity contribution is 5.38. The van der Waals surface area contributed by atoms with Crippen molar-refractivity contribution in [1.29, 1.82) is 0 Å². The van der Waals surface area contributed by atoms with E-state index in [2.05, 4.69) is 10.4 Å². The van der Waals surface area contributed by atoms with Crippen LogP contribution in [-0.2, 0) is 0 Å². The van der Waals surface area contributed by atoms with E-state index in [1.165, 1.54) is 6.20 Å². The molecule has 1 aromatic heterocycles. The third-order valence-electron chi connectivity index (χ3n) is 3.17. The summed E-state index contributed by atoms with van der Waals surface area (Å²) >= 11 is 0. The summed E-state index contributed by atoms with van der Waals surface area (Å²) in [6.45, 7) is 5.80. The fourth-order valence-corrected chi connectivity index (χ4v) is 2.08. The van der Waals surface area contributed by atoms with Crippen LogP contribution in [0.15, 0.2) is 12.3 Å². The Kier molecular flexibility index (Phi) is 2.63. The summed E-state index contributed by atoms with van der Waals surface area (Å²) in [7, 11) is 0. The van der Waals surface area contributed by atoms with Gasteiger partial charge in [0.2, 0.25) is 0 Å². The number of fused-ring (bicyclic) bond motifs is 1. The van der Waals surface area contributed by atoms with Crippen molar-refractivity contribution in [3.05, 3.63) is 12.3 Å². The van der Waals surface area contributed by atoms with E-state index < -0.39 is 12.2 Å². The van der Waals surface area contributed by atoms with Gasteiger partial charge in [0.15, 0.2) is 6.04 Å². The zero-order valence-corrected chi connectivity index (χ0v) is 10.0. The molecule has 17 heavy (non-hydrogen) atoms. The topological polar surface area (TPSA) is 29.9 Å². The smallest absolute Gasteiger partial charge is 0.367 e. The van der Waals surface area contributed by atoms with E-state index in [9.17, 15) is 13.2 Å². The van der Waals surface area contributed by atoms with Crippen LogP contribution in [0, 0.1) is 5.41 Å². The van der Waals surface area contributed by atoms with Crippen LogP contribution in [-0.4, -0.2) is 22.0 Å². The Hall–Kier alpha value is -1.20. The number of halogens is 3. The molecule has 0 amide bonds. The first-order valence-corrected chi connectivity index (χ1v) is 5.56. The van der Waals surface area contributed by atoms with Crippen LogP contribution in [0.4, 0.5) is 19.0 Å². The number of anilines is 1. The molecule has 96 valence electrons. The molecule has 2 heterocycles. The highest BCUT2D eigenvalue weighted by Gasteiger charge is 2.47. The number of aromatic nitrogens is 2. The van der Waals surface area contributed by atoms with Gasteiger partial charge in [-0.3, -0.25) is 0 Å². The summed E-state index contributed by atoms with van der Waals surface area (Å²) < 4.78 is 39.9. The lowest BCUT2D eigenvalue weighted by atomic mass is 9.82. The second kappa shape index (κ2) is 3.65. The van der Waals surface area contributed by atoms with E-state index in [1.807, 2.05) is 20.8 Å². The lowest BCUT2D eigenvalue weighted by Crippen LogP contribution is -2.44. The standard InChI is InChI=1S/C11H16F3N3/c1-10(2,3)7-6-8(11(12,13)14)17-9(16-7)4-5-15-17/h4-5,7-8,16H,6H2,1-3H3. The monoisotopic (exact) mass is 247 g/mol. The molecular formula is C11H16F3N3. The van der Waals surface area contributed by atoms with Crippen LogP contribution in [0.1, 0.15) is 33.2 Å². The first kappa shape index (κ1) is 12.3. The first-order chi connectivity index (χ1) is 7.69. The Morgan fingerprint density at radius 3 is 2.53 bits per heavy atom. The van der Waals surface area contributed by atoms with Gasteiger partial charge in [0, 0.05) is 12.1 Å². The van der Waals surface area contributed by atoms with Gasteiger partial charge in [-0.15, -0.1) is 0 Å². The number of rotatable bonds is 0. The van der Waals surface area contributed by atoms with E-state index >= 15 is 0 Å². The number of hydrogen-bond donors (Lipinski definition) is 1. The lowest BCUT2D eigenvalue weighted by Gasteiger charge is -2.39. The van der Waals surface area contributed by atoms with E-state index in [-0.39, 0.29) is 17.9 Å². The maximum atomic E-state index is 13.0. The number of nitrogens with zero attached hydrogens (tertiary/aromatic N) is 2. The predicted octanol–water partition coefficient (Wildman–Crippen LogP) is 3.22. The van der Waals surface area contributed by atoms with Gasteiger partial charge >= 0.3 is 6.18 Å². The molecule has 1 aromatic rings.